The van der Waals surface area contributed by atoms with Gasteiger partial charge in [0.05, 0.1) is 52.8 Å². The van der Waals surface area contributed by atoms with Crippen LogP contribution in [-0.4, -0.2) is 109 Å². The lowest BCUT2D eigenvalue weighted by Crippen LogP contribution is -2.34. The molecule has 4 bridgehead atoms. The molecule has 4 rings (SSSR count). The first-order valence-electron chi connectivity index (χ1n) is 14.9. The Morgan fingerprint density at radius 2 is 1.42 bits per heavy atom. The van der Waals surface area contributed by atoms with Crippen LogP contribution in [0.4, 0.5) is 0 Å². The summed E-state index contributed by atoms with van der Waals surface area (Å²) < 4.78 is 39.4. The molecule has 0 saturated carbocycles. The van der Waals surface area contributed by atoms with Gasteiger partial charge in [-0.1, -0.05) is 0 Å². The predicted molar refractivity (Wildman–Crippen MR) is 160 cm³/mol. The summed E-state index contributed by atoms with van der Waals surface area (Å²) in [7, 11) is 6.12. The van der Waals surface area contributed by atoms with Gasteiger partial charge in [-0.2, -0.15) is 0 Å². The molecule has 11 nitrogen and oxygen atoms in total. The van der Waals surface area contributed by atoms with E-state index in [0.29, 0.717) is 72.4 Å². The van der Waals surface area contributed by atoms with Crippen LogP contribution in [0.1, 0.15) is 52.8 Å². The van der Waals surface area contributed by atoms with Crippen molar-refractivity contribution in [3.63, 3.8) is 0 Å². The molecule has 0 aromatic heterocycles. The summed E-state index contributed by atoms with van der Waals surface area (Å²) in [5.74, 6) is 1.33. The zero-order valence-corrected chi connectivity index (χ0v) is 25.7. The number of carbonyl (C=O) groups is 2. The van der Waals surface area contributed by atoms with Crippen LogP contribution in [0.3, 0.4) is 0 Å². The zero-order valence-electron chi connectivity index (χ0n) is 25.7. The molecule has 0 radical (unpaired) electrons. The predicted octanol–water partition coefficient (Wildman–Crippen LogP) is 4.06. The normalized spacial score (nSPS) is 22.0. The summed E-state index contributed by atoms with van der Waals surface area (Å²) in [6, 6.07) is 8.23. The first kappa shape index (κ1) is 32.2. The van der Waals surface area contributed by atoms with E-state index < -0.39 is 11.9 Å². The third kappa shape index (κ3) is 8.90. The maximum absolute atomic E-state index is 13.2. The van der Waals surface area contributed by atoms with Crippen molar-refractivity contribution in [3.8, 4) is 28.7 Å². The van der Waals surface area contributed by atoms with Crippen molar-refractivity contribution in [2.75, 3.05) is 80.9 Å². The number of benzene rings is 2. The number of ether oxygens (including phenoxy) is 7. The lowest BCUT2D eigenvalue weighted by atomic mass is 10.1. The third-order valence-electron chi connectivity index (χ3n) is 7.80. The van der Waals surface area contributed by atoms with Crippen LogP contribution in [0.5, 0.6) is 28.7 Å². The van der Waals surface area contributed by atoms with Gasteiger partial charge >= 0.3 is 11.9 Å². The highest BCUT2D eigenvalue weighted by Crippen LogP contribution is 2.39. The molecule has 3 unspecified atom stereocenters. The van der Waals surface area contributed by atoms with Crippen LogP contribution in [-0.2, 0) is 9.47 Å². The molecular weight excluding hydrogens is 556 g/mol. The van der Waals surface area contributed by atoms with Crippen molar-refractivity contribution < 1.29 is 42.7 Å². The van der Waals surface area contributed by atoms with Crippen molar-refractivity contribution >= 4 is 11.9 Å². The largest absolute Gasteiger partial charge is 0.493 e. The van der Waals surface area contributed by atoms with E-state index in [2.05, 4.69) is 9.80 Å². The molecule has 0 aliphatic carbocycles. The lowest BCUT2D eigenvalue weighted by Gasteiger charge is -2.24. The molecule has 1 fully saturated rings. The van der Waals surface area contributed by atoms with Gasteiger partial charge in [0, 0.05) is 26.2 Å². The first-order chi connectivity index (χ1) is 20.9. The average molecular weight is 601 g/mol. The molecule has 0 amide bonds. The van der Waals surface area contributed by atoms with Crippen LogP contribution in [0.25, 0.3) is 0 Å². The fraction of sp³-hybridized carbons (Fsp3) is 0.562. The van der Waals surface area contributed by atoms with Crippen LogP contribution in [0.2, 0.25) is 0 Å². The van der Waals surface area contributed by atoms with E-state index in [1.165, 1.54) is 21.3 Å². The van der Waals surface area contributed by atoms with E-state index in [9.17, 15) is 9.59 Å². The number of carbonyl (C=O) groups excluding carboxylic acids is 2. The summed E-state index contributed by atoms with van der Waals surface area (Å²) in [5.41, 5.74) is 0.730. The Kier molecular flexibility index (Phi) is 12.2. The monoisotopic (exact) mass is 600 g/mol. The molecule has 0 N–H and O–H groups in total. The smallest absolute Gasteiger partial charge is 0.338 e. The summed E-state index contributed by atoms with van der Waals surface area (Å²) in [4.78, 5) is 30.9. The van der Waals surface area contributed by atoms with Gasteiger partial charge in [-0.3, -0.25) is 0 Å². The Hall–Kier alpha value is -3.70. The van der Waals surface area contributed by atoms with Gasteiger partial charge in [0.25, 0.3) is 0 Å². The Bertz CT molecular complexity index is 1220. The second-order valence-corrected chi connectivity index (χ2v) is 10.6. The van der Waals surface area contributed by atoms with Gasteiger partial charge in [0.2, 0.25) is 5.75 Å². The number of fused-ring (bicyclic) bond motifs is 5. The quantitative estimate of drug-likeness (QED) is 0.448. The van der Waals surface area contributed by atoms with Crippen molar-refractivity contribution in [3.05, 3.63) is 41.5 Å². The second-order valence-electron chi connectivity index (χ2n) is 10.6. The summed E-state index contributed by atoms with van der Waals surface area (Å²) >= 11 is 0. The van der Waals surface area contributed by atoms with E-state index in [1.54, 1.807) is 37.4 Å². The summed E-state index contributed by atoms with van der Waals surface area (Å²) in [6.45, 7) is 6.19. The lowest BCUT2D eigenvalue weighted by molar-refractivity contribution is 0.0221. The van der Waals surface area contributed by atoms with Gasteiger partial charge in [0.1, 0.15) is 6.10 Å². The molecule has 236 valence electrons. The number of hydrogen-bond donors (Lipinski definition) is 0. The van der Waals surface area contributed by atoms with Gasteiger partial charge < -0.3 is 43.0 Å². The number of hydrogen-bond acceptors (Lipinski definition) is 11. The highest BCUT2D eigenvalue weighted by Gasteiger charge is 2.23. The molecule has 2 aromatic rings. The van der Waals surface area contributed by atoms with Gasteiger partial charge in [-0.15, -0.1) is 0 Å². The van der Waals surface area contributed by atoms with E-state index in [1.807, 2.05) is 0 Å². The van der Waals surface area contributed by atoms with Crippen LogP contribution >= 0.6 is 0 Å². The molecule has 43 heavy (non-hydrogen) atoms. The van der Waals surface area contributed by atoms with E-state index in [-0.39, 0.29) is 6.10 Å². The molecule has 2 aliphatic rings. The Labute approximate surface area is 253 Å². The summed E-state index contributed by atoms with van der Waals surface area (Å²) in [5, 5.41) is 0. The van der Waals surface area contributed by atoms with Gasteiger partial charge in [-0.05, 0) is 75.5 Å². The molecule has 2 aliphatic heterocycles. The Morgan fingerprint density at radius 3 is 2.14 bits per heavy atom. The molecule has 0 spiro atoms. The maximum Gasteiger partial charge on any atom is 0.338 e. The molecule has 2 heterocycles. The molecular formula is C32H44N2O9. The van der Waals surface area contributed by atoms with E-state index >= 15 is 0 Å². The minimum absolute atomic E-state index is 0.316. The average Bonchev–Trinajstić information content (AvgIpc) is 3.27. The SMILES string of the molecule is COc1ccc(C(=O)OC2CCCOc3cc(cc(OC)c3OC)C(=O)OCCCN3CCCN(CC2)CC3)cc1OC. The number of rotatable bonds is 6. The van der Waals surface area contributed by atoms with Crippen molar-refractivity contribution in [1.29, 1.82) is 0 Å². The minimum Gasteiger partial charge on any atom is -0.493 e. The van der Waals surface area contributed by atoms with E-state index in [4.69, 9.17) is 33.2 Å². The van der Waals surface area contributed by atoms with Gasteiger partial charge in [0.15, 0.2) is 23.0 Å². The van der Waals surface area contributed by atoms with E-state index in [0.717, 1.165) is 52.1 Å². The highest BCUT2D eigenvalue weighted by molar-refractivity contribution is 5.91. The number of esters is 2. The molecule has 2 aromatic carbocycles. The van der Waals surface area contributed by atoms with Crippen molar-refractivity contribution in [2.45, 2.75) is 38.2 Å². The van der Waals surface area contributed by atoms with Crippen molar-refractivity contribution in [2.24, 2.45) is 0 Å². The molecule has 11 heteroatoms. The number of cyclic esters (lactones) is 1. The van der Waals surface area contributed by atoms with Crippen LogP contribution < -0.4 is 23.7 Å². The topological polar surface area (TPSA) is 105 Å². The van der Waals surface area contributed by atoms with Gasteiger partial charge in [-0.25, -0.2) is 9.59 Å². The van der Waals surface area contributed by atoms with Crippen LogP contribution in [0.15, 0.2) is 30.3 Å². The van der Waals surface area contributed by atoms with Crippen molar-refractivity contribution in [1.82, 2.24) is 9.80 Å². The first-order valence-corrected chi connectivity index (χ1v) is 14.9. The zero-order chi connectivity index (χ0) is 30.6. The fourth-order valence-corrected chi connectivity index (χ4v) is 5.43. The Morgan fingerprint density at radius 1 is 0.721 bits per heavy atom. The standard InChI is InChI=1S/C32H44N2O9/c1-37-26-10-9-23(20-27(26)38-2)32(36)43-25-8-5-18-41-29-22-24(21-28(39-3)30(29)40-4)31(35)42-19-7-14-33-12-6-13-34(15-11-25)17-16-33/h9-10,20-22,25H,5-8,11-19H2,1-4H3. The number of methoxy groups -OCH3 is 4. The molecule has 3 atom stereocenters. The molecule has 1 saturated heterocycles. The fourth-order valence-electron chi connectivity index (χ4n) is 5.43. The highest BCUT2D eigenvalue weighted by atomic mass is 16.6. The maximum atomic E-state index is 13.2. The second kappa shape index (κ2) is 16.2. The van der Waals surface area contributed by atoms with Crippen LogP contribution in [0, 0.1) is 0 Å². The Balaban J connectivity index is 1.52. The summed E-state index contributed by atoms with van der Waals surface area (Å²) in [6.07, 6.45) is 3.39. The number of nitrogens with zero attached hydrogens (tertiary/aromatic N) is 2. The third-order valence-corrected chi connectivity index (χ3v) is 7.80. The minimum atomic E-state index is -0.437.